The fraction of sp³-hybridized carbons (Fsp3) is 0.333. The van der Waals surface area contributed by atoms with Crippen LogP contribution < -0.4 is 20.1 Å². The second-order valence-electron chi connectivity index (χ2n) is 6.63. The van der Waals surface area contributed by atoms with Crippen molar-refractivity contribution < 1.29 is 14.3 Å². The molecular formula is C21H25N3O3S. The molecule has 2 aromatic carbocycles. The highest BCUT2D eigenvalue weighted by Gasteiger charge is 2.24. The number of ether oxygens (including phenoxy) is 2. The standard InChI is InChI=1S/C21H25N3O3S/c1-26-18-12-17(13-19(14-18)27-2)23-21(28)22-16-8-10-24(11-9-16)20(25)15-6-4-3-5-7-15/h3-7,12-14,16H,8-11H2,1-2H3,(H2,22,23,28). The van der Waals surface area contributed by atoms with Crippen LogP contribution in [0.2, 0.25) is 0 Å². The quantitative estimate of drug-likeness (QED) is 0.753. The monoisotopic (exact) mass is 399 g/mol. The third-order valence-electron chi connectivity index (χ3n) is 4.75. The van der Waals surface area contributed by atoms with Crippen molar-refractivity contribution in [1.82, 2.24) is 10.2 Å². The number of likely N-dealkylation sites (tertiary alicyclic amines) is 1. The first kappa shape index (κ1) is 19.9. The summed E-state index contributed by atoms with van der Waals surface area (Å²) in [5.74, 6) is 1.47. The van der Waals surface area contributed by atoms with E-state index in [0.717, 1.165) is 24.1 Å². The fourth-order valence-electron chi connectivity index (χ4n) is 3.22. The molecule has 0 unspecified atom stereocenters. The summed E-state index contributed by atoms with van der Waals surface area (Å²) in [6.07, 6.45) is 1.70. The first-order valence-electron chi connectivity index (χ1n) is 9.24. The third-order valence-corrected chi connectivity index (χ3v) is 4.97. The molecule has 28 heavy (non-hydrogen) atoms. The van der Waals surface area contributed by atoms with Crippen LogP contribution in [-0.4, -0.2) is 49.3 Å². The Labute approximate surface area is 170 Å². The van der Waals surface area contributed by atoms with Gasteiger partial charge >= 0.3 is 0 Å². The molecule has 0 spiro atoms. The van der Waals surface area contributed by atoms with Crippen molar-refractivity contribution in [1.29, 1.82) is 0 Å². The second kappa shape index (κ2) is 9.41. The van der Waals surface area contributed by atoms with Crippen LogP contribution in [0, 0.1) is 0 Å². The predicted molar refractivity (Wildman–Crippen MR) is 114 cm³/mol. The molecule has 2 aromatic rings. The molecule has 148 valence electrons. The van der Waals surface area contributed by atoms with Crippen molar-refractivity contribution in [2.75, 3.05) is 32.6 Å². The minimum Gasteiger partial charge on any atom is -0.497 e. The van der Waals surface area contributed by atoms with E-state index in [-0.39, 0.29) is 11.9 Å². The lowest BCUT2D eigenvalue weighted by molar-refractivity contribution is 0.0710. The van der Waals surface area contributed by atoms with E-state index in [2.05, 4.69) is 10.6 Å². The van der Waals surface area contributed by atoms with Gasteiger partial charge in [0.1, 0.15) is 11.5 Å². The Morgan fingerprint density at radius 1 is 1.04 bits per heavy atom. The van der Waals surface area contributed by atoms with Gasteiger partial charge in [-0.05, 0) is 37.2 Å². The van der Waals surface area contributed by atoms with Gasteiger partial charge in [0.2, 0.25) is 0 Å². The first-order chi connectivity index (χ1) is 13.6. The van der Waals surface area contributed by atoms with Crippen LogP contribution in [0.3, 0.4) is 0 Å². The second-order valence-corrected chi connectivity index (χ2v) is 7.04. The molecule has 0 radical (unpaired) electrons. The van der Waals surface area contributed by atoms with Gasteiger partial charge in [-0.25, -0.2) is 0 Å². The number of nitrogens with one attached hydrogen (secondary N) is 2. The molecule has 3 rings (SSSR count). The Kier molecular flexibility index (Phi) is 6.71. The SMILES string of the molecule is COc1cc(NC(=S)NC2CCN(C(=O)c3ccccc3)CC2)cc(OC)c1. The maximum atomic E-state index is 12.5. The van der Waals surface area contributed by atoms with Crippen LogP contribution in [0.5, 0.6) is 11.5 Å². The van der Waals surface area contributed by atoms with E-state index in [1.807, 2.05) is 47.4 Å². The Bertz CT molecular complexity index is 799. The molecule has 1 heterocycles. The van der Waals surface area contributed by atoms with E-state index < -0.39 is 0 Å². The van der Waals surface area contributed by atoms with Gasteiger partial charge in [0.15, 0.2) is 5.11 Å². The van der Waals surface area contributed by atoms with E-state index in [4.69, 9.17) is 21.7 Å². The van der Waals surface area contributed by atoms with E-state index in [1.54, 1.807) is 20.3 Å². The summed E-state index contributed by atoms with van der Waals surface area (Å²) in [4.78, 5) is 14.4. The zero-order valence-electron chi connectivity index (χ0n) is 16.1. The van der Waals surface area contributed by atoms with E-state index in [9.17, 15) is 4.79 Å². The van der Waals surface area contributed by atoms with Gasteiger partial charge in [-0.1, -0.05) is 18.2 Å². The molecule has 0 bridgehead atoms. The molecule has 1 fully saturated rings. The highest BCUT2D eigenvalue weighted by atomic mass is 32.1. The smallest absolute Gasteiger partial charge is 0.253 e. The molecule has 0 atom stereocenters. The van der Waals surface area contributed by atoms with Crippen LogP contribution >= 0.6 is 12.2 Å². The number of nitrogens with zero attached hydrogens (tertiary/aromatic N) is 1. The number of carbonyl (C=O) groups excluding carboxylic acids is 1. The van der Waals surface area contributed by atoms with Crippen molar-refractivity contribution in [3.8, 4) is 11.5 Å². The Morgan fingerprint density at radius 2 is 1.64 bits per heavy atom. The van der Waals surface area contributed by atoms with Crippen molar-refractivity contribution in [2.24, 2.45) is 0 Å². The number of anilines is 1. The average Bonchev–Trinajstić information content (AvgIpc) is 2.74. The summed E-state index contributed by atoms with van der Waals surface area (Å²) < 4.78 is 10.6. The van der Waals surface area contributed by atoms with Crippen molar-refractivity contribution in [3.05, 3.63) is 54.1 Å². The lowest BCUT2D eigenvalue weighted by atomic mass is 10.0. The van der Waals surface area contributed by atoms with Gasteiger partial charge in [-0.3, -0.25) is 4.79 Å². The van der Waals surface area contributed by atoms with Crippen LogP contribution in [0.25, 0.3) is 0 Å². The Hall–Kier alpha value is -2.80. The van der Waals surface area contributed by atoms with Crippen molar-refractivity contribution >= 4 is 28.9 Å². The van der Waals surface area contributed by atoms with Crippen LogP contribution in [0.4, 0.5) is 5.69 Å². The van der Waals surface area contributed by atoms with Gasteiger partial charge in [0.25, 0.3) is 5.91 Å². The van der Waals surface area contributed by atoms with E-state index >= 15 is 0 Å². The van der Waals surface area contributed by atoms with Gasteiger partial charge in [-0.2, -0.15) is 0 Å². The highest BCUT2D eigenvalue weighted by Crippen LogP contribution is 2.25. The maximum absolute atomic E-state index is 12.5. The zero-order valence-corrected chi connectivity index (χ0v) is 16.9. The number of rotatable bonds is 5. The molecular weight excluding hydrogens is 374 g/mol. The Morgan fingerprint density at radius 3 is 2.21 bits per heavy atom. The van der Waals surface area contributed by atoms with Gasteiger partial charge in [-0.15, -0.1) is 0 Å². The summed E-state index contributed by atoms with van der Waals surface area (Å²) >= 11 is 5.45. The van der Waals surface area contributed by atoms with Crippen molar-refractivity contribution in [3.63, 3.8) is 0 Å². The van der Waals surface area contributed by atoms with E-state index in [1.165, 1.54) is 0 Å². The summed E-state index contributed by atoms with van der Waals surface area (Å²) in [6.45, 7) is 1.42. The summed E-state index contributed by atoms with van der Waals surface area (Å²) in [5, 5.41) is 7.07. The van der Waals surface area contributed by atoms with Crippen LogP contribution in [-0.2, 0) is 0 Å². The summed E-state index contributed by atoms with van der Waals surface area (Å²) in [5.41, 5.74) is 1.53. The van der Waals surface area contributed by atoms with Crippen LogP contribution in [0.15, 0.2) is 48.5 Å². The number of hydrogen-bond acceptors (Lipinski definition) is 4. The molecule has 0 aromatic heterocycles. The lowest BCUT2D eigenvalue weighted by Crippen LogP contribution is -2.47. The topological polar surface area (TPSA) is 62.8 Å². The number of carbonyl (C=O) groups is 1. The normalized spacial score (nSPS) is 14.3. The molecule has 7 heteroatoms. The number of methoxy groups -OCH3 is 2. The minimum atomic E-state index is 0.0863. The van der Waals surface area contributed by atoms with Gasteiger partial charge in [0, 0.05) is 48.6 Å². The van der Waals surface area contributed by atoms with Crippen LogP contribution in [0.1, 0.15) is 23.2 Å². The largest absolute Gasteiger partial charge is 0.497 e. The predicted octanol–water partition coefficient (Wildman–Crippen LogP) is 3.30. The maximum Gasteiger partial charge on any atom is 0.253 e. The molecule has 1 aliphatic heterocycles. The molecule has 0 aliphatic carbocycles. The minimum absolute atomic E-state index is 0.0863. The number of thiocarbonyl (C=S) groups is 1. The summed E-state index contributed by atoms with van der Waals surface area (Å²) in [6, 6.07) is 15.2. The third kappa shape index (κ3) is 5.13. The van der Waals surface area contributed by atoms with E-state index in [0.29, 0.717) is 29.7 Å². The zero-order chi connectivity index (χ0) is 19.9. The molecule has 0 saturated carbocycles. The number of hydrogen-bond donors (Lipinski definition) is 2. The number of piperidine rings is 1. The number of amides is 1. The first-order valence-corrected chi connectivity index (χ1v) is 9.65. The molecule has 6 nitrogen and oxygen atoms in total. The van der Waals surface area contributed by atoms with Crippen molar-refractivity contribution in [2.45, 2.75) is 18.9 Å². The summed E-state index contributed by atoms with van der Waals surface area (Å²) in [7, 11) is 3.22. The lowest BCUT2D eigenvalue weighted by Gasteiger charge is -2.33. The molecule has 2 N–H and O–H groups in total. The number of benzene rings is 2. The molecule has 1 amide bonds. The Balaban J connectivity index is 1.51. The fourth-order valence-corrected chi connectivity index (χ4v) is 3.51. The van der Waals surface area contributed by atoms with Gasteiger partial charge in [0.05, 0.1) is 14.2 Å². The average molecular weight is 400 g/mol. The molecule has 1 saturated heterocycles. The van der Waals surface area contributed by atoms with Gasteiger partial charge < -0.3 is 25.0 Å². The highest BCUT2D eigenvalue weighted by molar-refractivity contribution is 7.80. The molecule has 1 aliphatic rings.